The van der Waals surface area contributed by atoms with E-state index in [1.807, 2.05) is 29.2 Å². The van der Waals surface area contributed by atoms with Gasteiger partial charge >= 0.3 is 0 Å². The standard InChI is InChI=1S/C25H34N6O3/c1-33-22-5-3-19(4-6-22)23(29-34-2)20-9-13-31(14-10-20)24(32)21-7-11-30(12-8-21)17-18-15-27-25(26)28-16-18/h3-6,15-16,20-21H,7-14,17H2,1-2H3,(H2,26,27,28). The van der Waals surface area contributed by atoms with Crippen molar-refractivity contribution >= 4 is 17.6 Å². The third kappa shape index (κ3) is 5.83. The number of likely N-dealkylation sites (tertiary alicyclic amines) is 2. The van der Waals surface area contributed by atoms with Gasteiger partial charge in [-0.25, -0.2) is 9.97 Å². The zero-order valence-corrected chi connectivity index (χ0v) is 20.0. The van der Waals surface area contributed by atoms with Crippen LogP contribution in [0.5, 0.6) is 5.75 Å². The maximum Gasteiger partial charge on any atom is 0.225 e. The molecule has 0 radical (unpaired) electrons. The molecule has 9 heteroatoms. The van der Waals surface area contributed by atoms with Crippen LogP contribution in [0.4, 0.5) is 5.95 Å². The number of nitrogens with two attached hydrogens (primary N) is 1. The van der Waals surface area contributed by atoms with E-state index in [1.165, 1.54) is 0 Å². The number of rotatable bonds is 7. The van der Waals surface area contributed by atoms with Gasteiger partial charge in [-0.15, -0.1) is 0 Å². The molecule has 9 nitrogen and oxygen atoms in total. The molecule has 2 aromatic rings. The number of methoxy groups -OCH3 is 1. The fraction of sp³-hybridized carbons (Fsp3) is 0.520. The van der Waals surface area contributed by atoms with E-state index in [2.05, 4.69) is 20.0 Å². The number of aromatic nitrogens is 2. The highest BCUT2D eigenvalue weighted by Gasteiger charge is 2.32. The Kier molecular flexibility index (Phi) is 7.95. The van der Waals surface area contributed by atoms with Gasteiger partial charge in [-0.3, -0.25) is 9.69 Å². The molecule has 2 aliphatic rings. The van der Waals surface area contributed by atoms with Gasteiger partial charge in [-0.05, 0) is 68.6 Å². The number of hydrogen-bond acceptors (Lipinski definition) is 8. The number of nitrogens with zero attached hydrogens (tertiary/aromatic N) is 5. The summed E-state index contributed by atoms with van der Waals surface area (Å²) in [4.78, 5) is 30.9. The van der Waals surface area contributed by atoms with Gasteiger partial charge in [0.1, 0.15) is 12.9 Å². The molecule has 1 aromatic heterocycles. The fourth-order valence-corrected chi connectivity index (χ4v) is 4.90. The Morgan fingerprint density at radius 1 is 1.00 bits per heavy atom. The van der Waals surface area contributed by atoms with Gasteiger partial charge in [0.2, 0.25) is 11.9 Å². The molecule has 2 fully saturated rings. The molecule has 1 aromatic carbocycles. The molecule has 0 atom stereocenters. The van der Waals surface area contributed by atoms with Crippen LogP contribution in [0.3, 0.4) is 0 Å². The summed E-state index contributed by atoms with van der Waals surface area (Å²) in [6, 6.07) is 7.90. The molecule has 0 aliphatic carbocycles. The van der Waals surface area contributed by atoms with Crippen molar-refractivity contribution in [1.82, 2.24) is 19.8 Å². The van der Waals surface area contributed by atoms with Crippen molar-refractivity contribution in [2.75, 3.05) is 46.1 Å². The van der Waals surface area contributed by atoms with E-state index in [-0.39, 0.29) is 11.8 Å². The Labute approximate surface area is 200 Å². The van der Waals surface area contributed by atoms with Crippen LogP contribution in [-0.4, -0.2) is 71.8 Å². The highest BCUT2D eigenvalue weighted by molar-refractivity contribution is 6.02. The van der Waals surface area contributed by atoms with Gasteiger partial charge < -0.3 is 20.2 Å². The molecule has 0 bridgehead atoms. The molecule has 1 amide bonds. The number of ether oxygens (including phenoxy) is 1. The van der Waals surface area contributed by atoms with Crippen LogP contribution in [0.2, 0.25) is 0 Å². The summed E-state index contributed by atoms with van der Waals surface area (Å²) < 4.78 is 5.26. The number of amides is 1. The van der Waals surface area contributed by atoms with Crippen LogP contribution >= 0.6 is 0 Å². The van der Waals surface area contributed by atoms with Crippen LogP contribution < -0.4 is 10.5 Å². The third-order valence-corrected chi connectivity index (χ3v) is 6.84. The summed E-state index contributed by atoms with van der Waals surface area (Å²) in [5.74, 6) is 1.77. The summed E-state index contributed by atoms with van der Waals surface area (Å²) in [7, 11) is 3.24. The number of oxime groups is 1. The molecule has 3 heterocycles. The van der Waals surface area contributed by atoms with Crippen molar-refractivity contribution in [1.29, 1.82) is 0 Å². The van der Waals surface area contributed by atoms with E-state index in [0.717, 1.165) is 81.0 Å². The van der Waals surface area contributed by atoms with Crippen molar-refractivity contribution in [3.8, 4) is 5.75 Å². The minimum atomic E-state index is 0.101. The Bertz CT molecular complexity index is 963. The molecular formula is C25H34N6O3. The average molecular weight is 467 g/mol. The van der Waals surface area contributed by atoms with Crippen LogP contribution in [0.15, 0.2) is 41.8 Å². The maximum absolute atomic E-state index is 13.2. The first kappa shape index (κ1) is 23.9. The molecule has 2 saturated heterocycles. The molecule has 34 heavy (non-hydrogen) atoms. The largest absolute Gasteiger partial charge is 0.497 e. The summed E-state index contributed by atoms with van der Waals surface area (Å²) in [6.07, 6.45) is 7.09. The number of anilines is 1. The summed E-state index contributed by atoms with van der Waals surface area (Å²) in [6.45, 7) is 4.11. The lowest BCUT2D eigenvalue weighted by molar-refractivity contribution is -0.138. The zero-order chi connectivity index (χ0) is 23.9. The second-order valence-corrected chi connectivity index (χ2v) is 8.99. The van der Waals surface area contributed by atoms with Gasteiger partial charge in [0.25, 0.3) is 0 Å². The number of carbonyl (C=O) groups excluding carboxylic acids is 1. The van der Waals surface area contributed by atoms with Crippen molar-refractivity contribution in [3.63, 3.8) is 0 Å². The molecule has 2 N–H and O–H groups in total. The normalized spacial score (nSPS) is 18.6. The Morgan fingerprint density at radius 3 is 2.21 bits per heavy atom. The monoisotopic (exact) mass is 466 g/mol. The molecule has 4 rings (SSSR count). The predicted molar refractivity (Wildman–Crippen MR) is 130 cm³/mol. The zero-order valence-electron chi connectivity index (χ0n) is 20.0. The number of piperidine rings is 2. The predicted octanol–water partition coefficient (Wildman–Crippen LogP) is 2.57. The van der Waals surface area contributed by atoms with Crippen LogP contribution in [0.25, 0.3) is 0 Å². The van der Waals surface area contributed by atoms with E-state index >= 15 is 0 Å². The first-order valence-corrected chi connectivity index (χ1v) is 11.9. The second-order valence-electron chi connectivity index (χ2n) is 8.99. The maximum atomic E-state index is 13.2. The highest BCUT2D eigenvalue weighted by Crippen LogP contribution is 2.27. The summed E-state index contributed by atoms with van der Waals surface area (Å²) in [5.41, 5.74) is 8.59. The molecule has 0 unspecified atom stereocenters. The Balaban J connectivity index is 1.27. The van der Waals surface area contributed by atoms with E-state index in [0.29, 0.717) is 11.9 Å². The molecular weight excluding hydrogens is 432 g/mol. The van der Waals surface area contributed by atoms with Gasteiger partial charge in [-0.1, -0.05) is 5.16 Å². The lowest BCUT2D eigenvalue weighted by Gasteiger charge is -2.37. The first-order valence-electron chi connectivity index (χ1n) is 11.9. The fourth-order valence-electron chi connectivity index (χ4n) is 4.90. The van der Waals surface area contributed by atoms with Gasteiger partial charge in [0, 0.05) is 49.4 Å². The SMILES string of the molecule is CON=C(c1ccc(OC)cc1)C1CCN(C(=O)C2CCN(Cc3cnc(N)nc3)CC2)CC1. The molecule has 0 spiro atoms. The number of carbonyl (C=O) groups is 1. The third-order valence-electron chi connectivity index (χ3n) is 6.84. The van der Waals surface area contributed by atoms with E-state index in [4.69, 9.17) is 15.3 Å². The molecule has 2 aliphatic heterocycles. The van der Waals surface area contributed by atoms with Crippen molar-refractivity contribution in [2.45, 2.75) is 32.2 Å². The first-order chi connectivity index (χ1) is 16.6. The van der Waals surface area contributed by atoms with Crippen molar-refractivity contribution in [2.24, 2.45) is 17.0 Å². The highest BCUT2D eigenvalue weighted by atomic mass is 16.6. The lowest BCUT2D eigenvalue weighted by Crippen LogP contribution is -2.46. The van der Waals surface area contributed by atoms with Gasteiger partial charge in [0.05, 0.1) is 12.8 Å². The van der Waals surface area contributed by atoms with Gasteiger partial charge in [0.15, 0.2) is 0 Å². The summed E-state index contributed by atoms with van der Waals surface area (Å²) in [5, 5.41) is 4.33. The Hall–Kier alpha value is -3.20. The lowest BCUT2D eigenvalue weighted by atomic mass is 9.87. The van der Waals surface area contributed by atoms with E-state index in [1.54, 1.807) is 26.6 Å². The summed E-state index contributed by atoms with van der Waals surface area (Å²) >= 11 is 0. The average Bonchev–Trinajstić information content (AvgIpc) is 2.89. The molecule has 182 valence electrons. The Morgan fingerprint density at radius 2 is 1.62 bits per heavy atom. The van der Waals surface area contributed by atoms with Crippen LogP contribution in [-0.2, 0) is 16.2 Å². The van der Waals surface area contributed by atoms with Crippen molar-refractivity contribution in [3.05, 3.63) is 47.8 Å². The molecule has 0 saturated carbocycles. The number of benzene rings is 1. The smallest absolute Gasteiger partial charge is 0.225 e. The second kappa shape index (κ2) is 11.3. The number of hydrogen-bond donors (Lipinski definition) is 1. The quantitative estimate of drug-likeness (QED) is 0.494. The van der Waals surface area contributed by atoms with E-state index in [9.17, 15) is 4.79 Å². The van der Waals surface area contributed by atoms with Gasteiger partial charge in [-0.2, -0.15) is 0 Å². The van der Waals surface area contributed by atoms with Crippen LogP contribution in [0.1, 0.15) is 36.8 Å². The minimum absolute atomic E-state index is 0.101. The minimum Gasteiger partial charge on any atom is -0.497 e. The van der Waals surface area contributed by atoms with Crippen molar-refractivity contribution < 1.29 is 14.4 Å². The van der Waals surface area contributed by atoms with E-state index < -0.39 is 0 Å². The van der Waals surface area contributed by atoms with Crippen LogP contribution in [0, 0.1) is 11.8 Å². The topological polar surface area (TPSA) is 106 Å². The number of nitrogen functional groups attached to an aromatic ring is 1.